The summed E-state index contributed by atoms with van der Waals surface area (Å²) in [5.41, 5.74) is 10.6. The first-order chi connectivity index (χ1) is 8.25. The van der Waals surface area contributed by atoms with E-state index in [2.05, 4.69) is 48.1 Å². The fourth-order valence-corrected chi connectivity index (χ4v) is 3.58. The lowest BCUT2D eigenvalue weighted by Gasteiger charge is -2.33. The van der Waals surface area contributed by atoms with Crippen molar-refractivity contribution in [2.24, 2.45) is 0 Å². The van der Waals surface area contributed by atoms with Crippen molar-refractivity contribution in [3.05, 3.63) is 40.0 Å². The van der Waals surface area contributed by atoms with Gasteiger partial charge in [-0.15, -0.1) is 0 Å². The predicted octanol–water partition coefficient (Wildman–Crippen LogP) is 5.26. The Morgan fingerprint density at radius 3 is 2.06 bits per heavy atom. The molecule has 0 saturated carbocycles. The minimum absolute atomic E-state index is 0.226. The van der Waals surface area contributed by atoms with Crippen LogP contribution in [0.3, 0.4) is 0 Å². The highest BCUT2D eigenvalue weighted by molar-refractivity contribution is 5.74. The van der Waals surface area contributed by atoms with Crippen LogP contribution < -0.4 is 0 Å². The zero-order valence-corrected chi connectivity index (χ0v) is 12.8. The van der Waals surface area contributed by atoms with Crippen LogP contribution in [0, 0.1) is 20.8 Å². The smallest absolute Gasteiger partial charge is 0.0126 e. The first-order valence-electron chi connectivity index (χ1n) is 7.06. The van der Waals surface area contributed by atoms with Gasteiger partial charge in [0, 0.05) is 0 Å². The Hall–Kier alpha value is -1.04. The number of benzene rings is 1. The highest BCUT2D eigenvalue weighted by atomic mass is 14.3. The molecule has 1 aromatic rings. The van der Waals surface area contributed by atoms with E-state index in [0.29, 0.717) is 0 Å². The maximum atomic E-state index is 4.31. The second kappa shape index (κ2) is 4.26. The second-order valence-corrected chi connectivity index (χ2v) is 6.81. The van der Waals surface area contributed by atoms with Gasteiger partial charge in [0.1, 0.15) is 0 Å². The van der Waals surface area contributed by atoms with Crippen LogP contribution in [0.25, 0.3) is 5.57 Å². The van der Waals surface area contributed by atoms with Crippen LogP contribution in [0.15, 0.2) is 6.58 Å². The van der Waals surface area contributed by atoms with Crippen LogP contribution in [0.5, 0.6) is 0 Å². The Morgan fingerprint density at radius 2 is 1.50 bits per heavy atom. The summed E-state index contributed by atoms with van der Waals surface area (Å²) in [7, 11) is 0. The number of hydrogen-bond donors (Lipinski definition) is 0. The summed E-state index contributed by atoms with van der Waals surface area (Å²) in [5, 5.41) is 0. The zero-order valence-electron chi connectivity index (χ0n) is 12.8. The number of hydrogen-bond acceptors (Lipinski definition) is 0. The largest absolute Gasteiger partial charge is 0.0952 e. The third-order valence-corrected chi connectivity index (χ3v) is 4.49. The summed E-state index contributed by atoms with van der Waals surface area (Å²) in [6.45, 7) is 18.1. The molecule has 0 fully saturated rings. The summed E-state index contributed by atoms with van der Waals surface area (Å²) in [6, 6.07) is 0. The molecule has 2 rings (SSSR count). The maximum absolute atomic E-state index is 4.31. The molecule has 0 aromatic heterocycles. The molecule has 0 radical (unpaired) electrons. The van der Waals surface area contributed by atoms with Gasteiger partial charge in [0.25, 0.3) is 0 Å². The third-order valence-electron chi connectivity index (χ3n) is 4.49. The molecule has 18 heavy (non-hydrogen) atoms. The van der Waals surface area contributed by atoms with Gasteiger partial charge in [-0.05, 0) is 84.4 Å². The van der Waals surface area contributed by atoms with Gasteiger partial charge in [0.05, 0.1) is 0 Å². The minimum Gasteiger partial charge on any atom is -0.0952 e. The highest BCUT2D eigenvalue weighted by Gasteiger charge is 2.27. The first kappa shape index (κ1) is 13.4. The van der Waals surface area contributed by atoms with E-state index in [-0.39, 0.29) is 5.41 Å². The van der Waals surface area contributed by atoms with E-state index in [1.807, 2.05) is 0 Å². The molecular weight excluding hydrogens is 216 g/mol. The van der Waals surface area contributed by atoms with Gasteiger partial charge in [-0.1, -0.05) is 27.4 Å². The lowest BCUT2D eigenvalue weighted by molar-refractivity contribution is 0.572. The molecule has 0 N–H and O–H groups in total. The van der Waals surface area contributed by atoms with E-state index in [4.69, 9.17) is 0 Å². The lowest BCUT2D eigenvalue weighted by atomic mass is 9.72. The SMILES string of the molecule is C=C1CCCc2c1c(C)c(C)c(C)c2C(C)(C)C. The van der Waals surface area contributed by atoms with Gasteiger partial charge in [-0.3, -0.25) is 0 Å². The van der Waals surface area contributed by atoms with Crippen molar-refractivity contribution in [2.45, 2.75) is 66.2 Å². The van der Waals surface area contributed by atoms with E-state index in [1.54, 1.807) is 11.1 Å². The summed E-state index contributed by atoms with van der Waals surface area (Å²) in [6.07, 6.45) is 3.65. The van der Waals surface area contributed by atoms with E-state index in [9.17, 15) is 0 Å². The van der Waals surface area contributed by atoms with E-state index >= 15 is 0 Å². The lowest BCUT2D eigenvalue weighted by Crippen LogP contribution is -2.21. The Kier molecular flexibility index (Phi) is 3.17. The molecule has 0 aliphatic heterocycles. The summed E-state index contributed by atoms with van der Waals surface area (Å²) < 4.78 is 0. The summed E-state index contributed by atoms with van der Waals surface area (Å²) in [5.74, 6) is 0. The molecule has 0 unspecified atom stereocenters. The fraction of sp³-hybridized carbons (Fsp3) is 0.556. The second-order valence-electron chi connectivity index (χ2n) is 6.81. The number of rotatable bonds is 0. The molecule has 0 nitrogen and oxygen atoms in total. The molecule has 0 atom stereocenters. The van der Waals surface area contributed by atoms with Crippen molar-refractivity contribution in [2.75, 3.05) is 0 Å². The van der Waals surface area contributed by atoms with Gasteiger partial charge in [0.15, 0.2) is 0 Å². The van der Waals surface area contributed by atoms with E-state index in [1.165, 1.54) is 47.1 Å². The van der Waals surface area contributed by atoms with Crippen LogP contribution in [0.2, 0.25) is 0 Å². The minimum atomic E-state index is 0.226. The van der Waals surface area contributed by atoms with Gasteiger partial charge in [-0.2, -0.15) is 0 Å². The molecule has 0 spiro atoms. The number of fused-ring (bicyclic) bond motifs is 1. The van der Waals surface area contributed by atoms with Gasteiger partial charge in [-0.25, -0.2) is 0 Å². The third kappa shape index (κ3) is 1.92. The molecule has 0 heteroatoms. The molecular formula is C18H26. The van der Waals surface area contributed by atoms with Crippen molar-refractivity contribution >= 4 is 5.57 Å². The van der Waals surface area contributed by atoms with E-state index in [0.717, 1.165) is 0 Å². The van der Waals surface area contributed by atoms with Crippen LogP contribution in [0.1, 0.15) is 67.0 Å². The topological polar surface area (TPSA) is 0 Å². The monoisotopic (exact) mass is 242 g/mol. The van der Waals surface area contributed by atoms with Crippen LogP contribution in [-0.2, 0) is 11.8 Å². The molecule has 1 aliphatic carbocycles. The number of allylic oxidation sites excluding steroid dienone is 1. The molecule has 0 saturated heterocycles. The standard InChI is InChI=1S/C18H26/c1-11-9-8-10-15-16(11)13(3)12(2)14(4)17(15)18(5,6)7/h1,8-10H2,2-7H3. The quantitative estimate of drug-likeness (QED) is 0.582. The highest BCUT2D eigenvalue weighted by Crippen LogP contribution is 2.41. The van der Waals surface area contributed by atoms with Crippen LogP contribution in [-0.4, -0.2) is 0 Å². The normalized spacial score (nSPS) is 15.8. The fourth-order valence-electron chi connectivity index (χ4n) is 3.58. The van der Waals surface area contributed by atoms with Crippen molar-refractivity contribution in [3.63, 3.8) is 0 Å². The van der Waals surface area contributed by atoms with Crippen molar-refractivity contribution in [3.8, 4) is 0 Å². The summed E-state index contributed by atoms with van der Waals surface area (Å²) in [4.78, 5) is 0. The van der Waals surface area contributed by atoms with Crippen molar-refractivity contribution < 1.29 is 0 Å². The van der Waals surface area contributed by atoms with Gasteiger partial charge >= 0.3 is 0 Å². The van der Waals surface area contributed by atoms with E-state index < -0.39 is 0 Å². The Morgan fingerprint density at radius 1 is 0.889 bits per heavy atom. The van der Waals surface area contributed by atoms with Gasteiger partial charge in [0.2, 0.25) is 0 Å². The summed E-state index contributed by atoms with van der Waals surface area (Å²) >= 11 is 0. The first-order valence-corrected chi connectivity index (χ1v) is 7.06. The molecule has 1 aromatic carbocycles. The Bertz CT molecular complexity index is 510. The van der Waals surface area contributed by atoms with Crippen molar-refractivity contribution in [1.29, 1.82) is 0 Å². The predicted molar refractivity (Wildman–Crippen MR) is 81.3 cm³/mol. The molecule has 0 heterocycles. The van der Waals surface area contributed by atoms with Crippen LogP contribution in [0.4, 0.5) is 0 Å². The van der Waals surface area contributed by atoms with Crippen molar-refractivity contribution in [1.82, 2.24) is 0 Å². The van der Waals surface area contributed by atoms with Gasteiger partial charge < -0.3 is 0 Å². The Balaban J connectivity index is 2.87. The molecule has 0 amide bonds. The zero-order chi connectivity index (χ0) is 13.7. The average Bonchev–Trinajstić information content (AvgIpc) is 2.24. The Labute approximate surface area is 112 Å². The molecule has 98 valence electrons. The van der Waals surface area contributed by atoms with Crippen LogP contribution >= 0.6 is 0 Å². The molecule has 0 bridgehead atoms. The average molecular weight is 242 g/mol. The molecule has 1 aliphatic rings. The maximum Gasteiger partial charge on any atom is -0.0126 e.